The summed E-state index contributed by atoms with van der Waals surface area (Å²) in [7, 11) is 0. The Morgan fingerprint density at radius 3 is 2.04 bits per heavy atom. The first-order valence-corrected chi connectivity index (χ1v) is 8.56. The molecule has 0 aliphatic rings. The number of anilines is 3. The lowest BCUT2D eigenvalue weighted by atomic mass is 10.2. The number of amides is 2. The number of hydrogen-bond donors (Lipinski definition) is 3. The average molecular weight is 343 g/mol. The Morgan fingerprint density at radius 1 is 1.00 bits per heavy atom. The van der Waals surface area contributed by atoms with E-state index in [9.17, 15) is 9.59 Å². The molecule has 24 heavy (non-hydrogen) atoms. The van der Waals surface area contributed by atoms with Crippen LogP contribution in [0.2, 0.25) is 0 Å². The second kappa shape index (κ2) is 8.40. The normalized spacial score (nSPS) is 11.6. The number of nitrogens with one attached hydrogen (secondary N) is 2. The van der Waals surface area contributed by atoms with Crippen molar-refractivity contribution < 1.29 is 9.59 Å². The molecule has 4 N–H and O–H groups in total. The lowest BCUT2D eigenvalue weighted by Crippen LogP contribution is -2.24. The van der Waals surface area contributed by atoms with Gasteiger partial charge in [-0.1, -0.05) is 6.92 Å². The number of benzene rings is 2. The van der Waals surface area contributed by atoms with Gasteiger partial charge >= 0.3 is 0 Å². The maximum atomic E-state index is 12.5. The minimum atomic E-state index is -0.191. The van der Waals surface area contributed by atoms with E-state index in [2.05, 4.69) is 10.6 Å². The van der Waals surface area contributed by atoms with Gasteiger partial charge in [-0.3, -0.25) is 9.59 Å². The minimum absolute atomic E-state index is 0.0494. The lowest BCUT2D eigenvalue weighted by Gasteiger charge is -2.15. The smallest absolute Gasteiger partial charge is 0.237 e. The van der Waals surface area contributed by atoms with Crippen molar-refractivity contribution in [3.8, 4) is 0 Å². The summed E-state index contributed by atoms with van der Waals surface area (Å²) in [5.41, 5.74) is 7.78. The van der Waals surface area contributed by atoms with Gasteiger partial charge in [0.05, 0.1) is 5.25 Å². The molecule has 5 nitrogen and oxygen atoms in total. The molecule has 2 rings (SSSR count). The van der Waals surface area contributed by atoms with Crippen LogP contribution in [0, 0.1) is 0 Å². The van der Waals surface area contributed by atoms with Crippen LogP contribution in [0.5, 0.6) is 0 Å². The van der Waals surface area contributed by atoms with Gasteiger partial charge in [-0.15, -0.1) is 11.8 Å². The van der Waals surface area contributed by atoms with Crippen molar-refractivity contribution >= 4 is 40.6 Å². The van der Waals surface area contributed by atoms with Crippen LogP contribution in [-0.4, -0.2) is 17.1 Å². The van der Waals surface area contributed by atoms with Gasteiger partial charge in [0.1, 0.15) is 0 Å². The second-order valence-corrected chi connectivity index (χ2v) is 6.61. The predicted octanol–water partition coefficient (Wildman–Crippen LogP) is 3.74. The van der Waals surface area contributed by atoms with Crippen LogP contribution in [-0.2, 0) is 9.59 Å². The Bertz CT molecular complexity index is 699. The van der Waals surface area contributed by atoms with Crippen LogP contribution in [0.3, 0.4) is 0 Å². The van der Waals surface area contributed by atoms with Gasteiger partial charge in [-0.2, -0.15) is 0 Å². The quantitative estimate of drug-likeness (QED) is 0.551. The highest BCUT2D eigenvalue weighted by Gasteiger charge is 2.18. The van der Waals surface area contributed by atoms with Crippen molar-refractivity contribution in [3.05, 3.63) is 48.5 Å². The van der Waals surface area contributed by atoms with Crippen molar-refractivity contribution in [2.24, 2.45) is 0 Å². The summed E-state index contributed by atoms with van der Waals surface area (Å²) < 4.78 is 0. The molecule has 0 bridgehead atoms. The molecular weight excluding hydrogens is 322 g/mol. The zero-order valence-corrected chi connectivity index (χ0v) is 14.5. The van der Waals surface area contributed by atoms with E-state index in [-0.39, 0.29) is 17.1 Å². The van der Waals surface area contributed by atoms with Gasteiger partial charge in [0.2, 0.25) is 11.8 Å². The molecule has 126 valence electrons. The Hall–Kier alpha value is -2.47. The van der Waals surface area contributed by atoms with Crippen molar-refractivity contribution in [2.45, 2.75) is 30.4 Å². The zero-order valence-electron chi connectivity index (χ0n) is 13.7. The van der Waals surface area contributed by atoms with Gasteiger partial charge in [0.15, 0.2) is 0 Å². The molecule has 1 atom stereocenters. The number of hydrogen-bond acceptors (Lipinski definition) is 4. The first-order valence-electron chi connectivity index (χ1n) is 7.68. The van der Waals surface area contributed by atoms with Gasteiger partial charge in [0.25, 0.3) is 0 Å². The highest BCUT2D eigenvalue weighted by molar-refractivity contribution is 8.00. The molecule has 0 spiro atoms. The molecule has 0 saturated carbocycles. The largest absolute Gasteiger partial charge is 0.399 e. The van der Waals surface area contributed by atoms with E-state index in [1.54, 1.807) is 24.3 Å². The fourth-order valence-corrected chi connectivity index (χ4v) is 3.05. The van der Waals surface area contributed by atoms with Gasteiger partial charge in [0, 0.05) is 28.9 Å². The minimum Gasteiger partial charge on any atom is -0.399 e. The molecule has 2 aromatic rings. The molecular formula is C18H21N3O2S. The van der Waals surface area contributed by atoms with Crippen LogP contribution < -0.4 is 16.4 Å². The topological polar surface area (TPSA) is 84.2 Å². The highest BCUT2D eigenvalue weighted by Crippen LogP contribution is 2.27. The standard InChI is InChI=1S/C18H21N3O2S/c1-3-17(24-16-10-4-13(19)5-11-16)18(23)21-15-8-6-14(7-9-15)20-12(2)22/h4-11,17H,3,19H2,1-2H3,(H,20,22)(H,21,23). The van der Waals surface area contributed by atoms with Crippen LogP contribution >= 0.6 is 11.8 Å². The van der Waals surface area contributed by atoms with E-state index >= 15 is 0 Å². The summed E-state index contributed by atoms with van der Waals surface area (Å²) >= 11 is 1.51. The maximum Gasteiger partial charge on any atom is 0.237 e. The van der Waals surface area contributed by atoms with Crippen molar-refractivity contribution in [2.75, 3.05) is 16.4 Å². The predicted molar refractivity (Wildman–Crippen MR) is 100 cm³/mol. The summed E-state index contributed by atoms with van der Waals surface area (Å²) in [6.07, 6.45) is 0.713. The summed E-state index contributed by atoms with van der Waals surface area (Å²) in [4.78, 5) is 24.5. The monoisotopic (exact) mass is 343 g/mol. The van der Waals surface area contributed by atoms with E-state index in [1.807, 2.05) is 31.2 Å². The van der Waals surface area contributed by atoms with Crippen molar-refractivity contribution in [1.29, 1.82) is 0 Å². The third-order valence-corrected chi connectivity index (χ3v) is 4.67. The lowest BCUT2D eigenvalue weighted by molar-refractivity contribution is -0.116. The SMILES string of the molecule is CCC(Sc1ccc(N)cc1)C(=O)Nc1ccc(NC(C)=O)cc1. The van der Waals surface area contributed by atoms with Gasteiger partial charge in [-0.25, -0.2) is 0 Å². The zero-order chi connectivity index (χ0) is 17.5. The fourth-order valence-electron chi connectivity index (χ4n) is 2.10. The third-order valence-electron chi connectivity index (χ3n) is 3.29. The molecule has 0 fully saturated rings. The number of nitrogen functional groups attached to an aromatic ring is 1. The summed E-state index contributed by atoms with van der Waals surface area (Å²) in [5, 5.41) is 5.41. The maximum absolute atomic E-state index is 12.5. The number of carbonyl (C=O) groups excluding carboxylic acids is 2. The highest BCUT2D eigenvalue weighted by atomic mass is 32.2. The fraction of sp³-hybridized carbons (Fsp3) is 0.222. The van der Waals surface area contributed by atoms with E-state index < -0.39 is 0 Å². The first-order chi connectivity index (χ1) is 11.5. The molecule has 2 amide bonds. The van der Waals surface area contributed by atoms with Crippen molar-refractivity contribution in [3.63, 3.8) is 0 Å². The Labute approximate surface area is 146 Å². The summed E-state index contributed by atoms with van der Waals surface area (Å²) in [5.74, 6) is -0.177. The number of rotatable bonds is 6. The van der Waals surface area contributed by atoms with Crippen molar-refractivity contribution in [1.82, 2.24) is 0 Å². The number of thioether (sulfide) groups is 1. The molecule has 0 aliphatic carbocycles. The molecule has 0 saturated heterocycles. The second-order valence-electron chi connectivity index (χ2n) is 5.33. The molecule has 0 radical (unpaired) electrons. The Balaban J connectivity index is 1.98. The van der Waals surface area contributed by atoms with E-state index in [4.69, 9.17) is 5.73 Å². The van der Waals surface area contributed by atoms with E-state index in [1.165, 1.54) is 18.7 Å². The summed E-state index contributed by atoms with van der Waals surface area (Å²) in [6.45, 7) is 3.43. The number of nitrogens with two attached hydrogens (primary N) is 1. The number of carbonyl (C=O) groups is 2. The molecule has 2 aromatic carbocycles. The molecule has 1 unspecified atom stereocenters. The molecule has 0 aliphatic heterocycles. The first kappa shape index (κ1) is 17.9. The Kier molecular flexibility index (Phi) is 6.26. The Morgan fingerprint density at radius 2 is 1.54 bits per heavy atom. The summed E-state index contributed by atoms with van der Waals surface area (Å²) in [6, 6.07) is 14.5. The molecule has 0 heterocycles. The van der Waals surface area contributed by atoms with Crippen LogP contribution in [0.25, 0.3) is 0 Å². The third kappa shape index (κ3) is 5.31. The van der Waals surface area contributed by atoms with Crippen LogP contribution in [0.1, 0.15) is 20.3 Å². The van der Waals surface area contributed by atoms with E-state index in [0.29, 0.717) is 23.5 Å². The van der Waals surface area contributed by atoms with Gasteiger partial charge in [-0.05, 0) is 55.0 Å². The van der Waals surface area contributed by atoms with Gasteiger partial charge < -0.3 is 16.4 Å². The van der Waals surface area contributed by atoms with E-state index in [0.717, 1.165) is 4.90 Å². The molecule has 6 heteroatoms. The average Bonchev–Trinajstić information content (AvgIpc) is 2.55. The molecule has 0 aromatic heterocycles. The van der Waals surface area contributed by atoms with Crippen LogP contribution in [0.15, 0.2) is 53.4 Å². The van der Waals surface area contributed by atoms with Crippen LogP contribution in [0.4, 0.5) is 17.1 Å².